The average molecular weight is 448 g/mol. The van der Waals surface area contributed by atoms with Crippen LogP contribution in [0.25, 0.3) is 33.1 Å². The van der Waals surface area contributed by atoms with E-state index in [4.69, 9.17) is 4.42 Å². The van der Waals surface area contributed by atoms with Gasteiger partial charge in [0.2, 0.25) is 0 Å². The van der Waals surface area contributed by atoms with Crippen molar-refractivity contribution in [3.8, 4) is 11.1 Å². The van der Waals surface area contributed by atoms with Crippen LogP contribution in [0.1, 0.15) is 52.7 Å². The van der Waals surface area contributed by atoms with E-state index in [1.165, 1.54) is 27.6 Å². The van der Waals surface area contributed by atoms with Crippen molar-refractivity contribution in [2.75, 3.05) is 5.32 Å². The fraction of sp³-hybridized carbons (Fsp3) is 0.250. The summed E-state index contributed by atoms with van der Waals surface area (Å²) in [7, 11) is 0. The van der Waals surface area contributed by atoms with Crippen LogP contribution in [0.3, 0.4) is 0 Å². The highest BCUT2D eigenvalue weighted by Crippen LogP contribution is 2.37. The maximum absolute atomic E-state index is 6.24. The molecule has 0 aliphatic rings. The van der Waals surface area contributed by atoms with Gasteiger partial charge < -0.3 is 9.73 Å². The number of anilines is 2. The average Bonchev–Trinajstić information content (AvgIpc) is 3.15. The van der Waals surface area contributed by atoms with Crippen LogP contribution in [0.4, 0.5) is 11.4 Å². The van der Waals surface area contributed by atoms with Crippen molar-refractivity contribution in [3.63, 3.8) is 0 Å². The Morgan fingerprint density at radius 1 is 0.588 bits per heavy atom. The van der Waals surface area contributed by atoms with Gasteiger partial charge in [0.25, 0.3) is 0 Å². The van der Waals surface area contributed by atoms with Gasteiger partial charge in [0, 0.05) is 33.8 Å². The molecule has 1 aromatic heterocycles. The Labute approximate surface area is 202 Å². The standard InChI is InChI=1S/C32H33NO/c1-31(2,3)22-12-16-28(26(18-22)21-10-8-7-9-11-21)33-24-14-15-25-27-19-23(32(4,5)6)13-17-29(27)34-30(25)20-24/h7-20,33H,1-6H3. The minimum Gasteiger partial charge on any atom is -0.456 e. The van der Waals surface area contributed by atoms with E-state index < -0.39 is 0 Å². The second kappa shape index (κ2) is 8.06. The van der Waals surface area contributed by atoms with Crippen LogP contribution in [0.15, 0.2) is 89.3 Å². The first-order chi connectivity index (χ1) is 16.1. The lowest BCUT2D eigenvalue weighted by molar-refractivity contribution is 0.590. The van der Waals surface area contributed by atoms with Crippen molar-refractivity contribution in [1.29, 1.82) is 0 Å². The fourth-order valence-corrected chi connectivity index (χ4v) is 4.45. The van der Waals surface area contributed by atoms with E-state index in [1.54, 1.807) is 0 Å². The summed E-state index contributed by atoms with van der Waals surface area (Å²) in [5, 5.41) is 5.99. The van der Waals surface area contributed by atoms with Crippen LogP contribution in [-0.2, 0) is 10.8 Å². The molecule has 2 nitrogen and oxygen atoms in total. The molecule has 0 bridgehead atoms. The highest BCUT2D eigenvalue weighted by Gasteiger charge is 2.18. The maximum Gasteiger partial charge on any atom is 0.137 e. The molecule has 0 fully saturated rings. The van der Waals surface area contributed by atoms with Crippen LogP contribution < -0.4 is 5.32 Å². The molecule has 0 atom stereocenters. The van der Waals surface area contributed by atoms with Gasteiger partial charge >= 0.3 is 0 Å². The molecule has 0 unspecified atom stereocenters. The van der Waals surface area contributed by atoms with E-state index in [2.05, 4.69) is 132 Å². The van der Waals surface area contributed by atoms with Gasteiger partial charge in [0.05, 0.1) is 0 Å². The van der Waals surface area contributed by atoms with E-state index >= 15 is 0 Å². The molecule has 0 aliphatic carbocycles. The van der Waals surface area contributed by atoms with E-state index in [0.717, 1.165) is 27.9 Å². The number of rotatable bonds is 3. The first-order valence-corrected chi connectivity index (χ1v) is 12.0. The van der Waals surface area contributed by atoms with Crippen molar-refractivity contribution in [1.82, 2.24) is 0 Å². The summed E-state index contributed by atoms with van der Waals surface area (Å²) in [6.07, 6.45) is 0. The molecular weight excluding hydrogens is 414 g/mol. The van der Waals surface area contributed by atoms with Crippen LogP contribution in [0.5, 0.6) is 0 Å². The van der Waals surface area contributed by atoms with Gasteiger partial charge in [-0.05, 0) is 63.9 Å². The van der Waals surface area contributed by atoms with Crippen molar-refractivity contribution in [3.05, 3.63) is 96.1 Å². The van der Waals surface area contributed by atoms with Crippen molar-refractivity contribution >= 4 is 33.3 Å². The first kappa shape index (κ1) is 22.3. The Bertz CT molecular complexity index is 1480. The lowest BCUT2D eigenvalue weighted by atomic mass is 9.85. The van der Waals surface area contributed by atoms with Crippen molar-refractivity contribution < 1.29 is 4.42 Å². The number of fused-ring (bicyclic) bond motifs is 3. The largest absolute Gasteiger partial charge is 0.456 e. The van der Waals surface area contributed by atoms with Gasteiger partial charge in [-0.3, -0.25) is 0 Å². The third-order valence-electron chi connectivity index (χ3n) is 6.59. The van der Waals surface area contributed by atoms with Gasteiger partial charge in [-0.25, -0.2) is 0 Å². The second-order valence-corrected chi connectivity index (χ2v) is 11.3. The van der Waals surface area contributed by atoms with Gasteiger partial charge in [-0.2, -0.15) is 0 Å². The normalized spacial score (nSPS) is 12.4. The summed E-state index contributed by atoms with van der Waals surface area (Å²) in [5.74, 6) is 0. The molecule has 2 heteroatoms. The third kappa shape index (κ3) is 4.21. The van der Waals surface area contributed by atoms with Gasteiger partial charge in [0.1, 0.15) is 11.2 Å². The molecule has 0 spiro atoms. The number of nitrogens with one attached hydrogen (secondary N) is 1. The van der Waals surface area contributed by atoms with E-state index in [9.17, 15) is 0 Å². The number of hydrogen-bond acceptors (Lipinski definition) is 2. The lowest BCUT2D eigenvalue weighted by Gasteiger charge is -2.22. The predicted octanol–water partition coefficient (Wildman–Crippen LogP) is 9.59. The number of benzene rings is 4. The summed E-state index contributed by atoms with van der Waals surface area (Å²) < 4.78 is 6.24. The number of furan rings is 1. The molecular formula is C32H33NO. The minimum atomic E-state index is 0.0845. The van der Waals surface area contributed by atoms with Crippen molar-refractivity contribution in [2.24, 2.45) is 0 Å². The van der Waals surface area contributed by atoms with E-state index in [1.807, 2.05) is 0 Å². The van der Waals surface area contributed by atoms with Crippen LogP contribution >= 0.6 is 0 Å². The Balaban J connectivity index is 1.57. The second-order valence-electron chi connectivity index (χ2n) is 11.3. The molecule has 0 saturated carbocycles. The molecule has 1 heterocycles. The van der Waals surface area contributed by atoms with Crippen LogP contribution in [0.2, 0.25) is 0 Å². The molecule has 5 rings (SSSR count). The molecule has 0 aliphatic heterocycles. The zero-order chi connectivity index (χ0) is 24.1. The predicted molar refractivity (Wildman–Crippen MR) is 146 cm³/mol. The van der Waals surface area contributed by atoms with Gasteiger partial charge in [-0.15, -0.1) is 0 Å². The molecule has 0 radical (unpaired) electrons. The van der Waals surface area contributed by atoms with Crippen LogP contribution in [0, 0.1) is 0 Å². The quantitative estimate of drug-likeness (QED) is 0.298. The Hall–Kier alpha value is -3.52. The monoisotopic (exact) mass is 447 g/mol. The molecule has 4 aromatic carbocycles. The summed E-state index contributed by atoms with van der Waals surface area (Å²) in [6.45, 7) is 13.5. The Morgan fingerprint density at radius 3 is 1.97 bits per heavy atom. The minimum absolute atomic E-state index is 0.0845. The zero-order valence-corrected chi connectivity index (χ0v) is 21.0. The molecule has 0 amide bonds. The maximum atomic E-state index is 6.24. The Kier molecular flexibility index (Phi) is 5.28. The third-order valence-corrected chi connectivity index (χ3v) is 6.59. The van der Waals surface area contributed by atoms with Gasteiger partial charge in [0.15, 0.2) is 0 Å². The smallest absolute Gasteiger partial charge is 0.137 e. The highest BCUT2D eigenvalue weighted by atomic mass is 16.3. The molecule has 5 aromatic rings. The summed E-state index contributed by atoms with van der Waals surface area (Å²) in [5.41, 5.74) is 9.16. The first-order valence-electron chi connectivity index (χ1n) is 12.0. The van der Waals surface area contributed by atoms with Gasteiger partial charge in [-0.1, -0.05) is 84.0 Å². The highest BCUT2D eigenvalue weighted by molar-refractivity contribution is 6.06. The summed E-state index contributed by atoms with van der Waals surface area (Å²) >= 11 is 0. The fourth-order valence-electron chi connectivity index (χ4n) is 4.45. The molecule has 172 valence electrons. The van der Waals surface area contributed by atoms with E-state index in [-0.39, 0.29) is 10.8 Å². The van der Waals surface area contributed by atoms with E-state index in [0.29, 0.717) is 0 Å². The molecule has 34 heavy (non-hydrogen) atoms. The Morgan fingerprint density at radius 2 is 1.26 bits per heavy atom. The molecule has 0 saturated heterocycles. The topological polar surface area (TPSA) is 25.2 Å². The SMILES string of the molecule is CC(C)(C)c1ccc(Nc2ccc3c(c2)oc2ccc(C(C)(C)C)cc23)c(-c2ccccc2)c1. The number of hydrogen-bond donors (Lipinski definition) is 1. The van der Waals surface area contributed by atoms with Crippen molar-refractivity contribution in [2.45, 2.75) is 52.4 Å². The summed E-state index contributed by atoms with van der Waals surface area (Å²) in [4.78, 5) is 0. The zero-order valence-electron chi connectivity index (χ0n) is 21.0. The molecule has 1 N–H and O–H groups in total. The lowest BCUT2D eigenvalue weighted by Crippen LogP contribution is -2.11. The summed E-state index contributed by atoms with van der Waals surface area (Å²) in [6, 6.07) is 30.3. The van der Waals surface area contributed by atoms with Crippen LogP contribution in [-0.4, -0.2) is 0 Å².